The molecule has 0 radical (unpaired) electrons. The van der Waals surface area contributed by atoms with Crippen LogP contribution in [0.3, 0.4) is 0 Å². The second-order valence-electron chi connectivity index (χ2n) is 4.98. The largest absolute Gasteiger partial charge is 0.365 e. The van der Waals surface area contributed by atoms with Crippen molar-refractivity contribution in [2.24, 2.45) is 5.73 Å². The quantitative estimate of drug-likeness (QED) is 0.670. The molecule has 0 amide bonds. The lowest BCUT2D eigenvalue weighted by atomic mass is 9.99. The molecule has 0 aliphatic carbocycles. The maximum Gasteiger partial charge on any atom is 0.260 e. The molecule has 0 aliphatic heterocycles. The average Bonchev–Trinajstić information content (AvgIpc) is 3.04. The molecule has 5 N–H and O–H groups in total. The summed E-state index contributed by atoms with van der Waals surface area (Å²) in [7, 11) is 0. The Kier molecular flexibility index (Phi) is 3.15. The van der Waals surface area contributed by atoms with Gasteiger partial charge in [0.15, 0.2) is 0 Å². The Balaban J connectivity index is 1.96. The molecule has 6 heteroatoms. The first-order valence-corrected chi connectivity index (χ1v) is 6.55. The van der Waals surface area contributed by atoms with Gasteiger partial charge in [0, 0.05) is 17.1 Å². The van der Waals surface area contributed by atoms with E-state index in [1.54, 1.807) is 0 Å². The molecule has 1 aromatic carbocycles. The molecular formula is C14H17N5O. The number of aromatic amines is 1. The van der Waals surface area contributed by atoms with Gasteiger partial charge >= 0.3 is 0 Å². The molecule has 0 aliphatic rings. The van der Waals surface area contributed by atoms with E-state index in [-0.39, 0.29) is 5.95 Å². The van der Waals surface area contributed by atoms with E-state index in [1.807, 2.05) is 12.3 Å². The van der Waals surface area contributed by atoms with Crippen LogP contribution in [-0.2, 0) is 6.42 Å². The van der Waals surface area contributed by atoms with Crippen LogP contribution in [0.5, 0.6) is 0 Å². The van der Waals surface area contributed by atoms with Crippen molar-refractivity contribution in [2.75, 3.05) is 12.3 Å². The van der Waals surface area contributed by atoms with E-state index in [4.69, 9.17) is 16.0 Å². The number of nitrogen functional groups attached to an aromatic ring is 1. The number of hydrogen-bond acceptors (Lipinski definition) is 5. The topological polar surface area (TPSA) is 107 Å². The SMILES string of the molecule is CC(CN)c1c[nH]c2ccc(Cc3nc(N)no3)cc12. The second kappa shape index (κ2) is 4.97. The molecule has 6 nitrogen and oxygen atoms in total. The van der Waals surface area contributed by atoms with Gasteiger partial charge in [0.2, 0.25) is 5.89 Å². The summed E-state index contributed by atoms with van der Waals surface area (Å²) in [5, 5.41) is 4.78. The highest BCUT2D eigenvalue weighted by molar-refractivity contribution is 5.84. The Morgan fingerprint density at radius 3 is 2.95 bits per heavy atom. The summed E-state index contributed by atoms with van der Waals surface area (Å²) in [5.74, 6) is 1.00. The summed E-state index contributed by atoms with van der Waals surface area (Å²) in [6, 6.07) is 6.22. The summed E-state index contributed by atoms with van der Waals surface area (Å²) >= 11 is 0. The van der Waals surface area contributed by atoms with Crippen LogP contribution >= 0.6 is 0 Å². The zero-order valence-corrected chi connectivity index (χ0v) is 11.3. The lowest BCUT2D eigenvalue weighted by molar-refractivity contribution is 0.386. The summed E-state index contributed by atoms with van der Waals surface area (Å²) < 4.78 is 5.05. The van der Waals surface area contributed by atoms with Crippen LogP contribution in [0.1, 0.15) is 29.9 Å². The van der Waals surface area contributed by atoms with E-state index < -0.39 is 0 Å². The van der Waals surface area contributed by atoms with Crippen molar-refractivity contribution >= 4 is 16.9 Å². The number of aromatic nitrogens is 3. The van der Waals surface area contributed by atoms with Gasteiger partial charge in [-0.05, 0) is 40.9 Å². The smallest absolute Gasteiger partial charge is 0.260 e. The minimum Gasteiger partial charge on any atom is -0.365 e. The molecule has 1 atom stereocenters. The lowest BCUT2D eigenvalue weighted by Gasteiger charge is -2.07. The van der Waals surface area contributed by atoms with E-state index in [1.165, 1.54) is 10.9 Å². The van der Waals surface area contributed by atoms with Crippen LogP contribution in [0.4, 0.5) is 5.95 Å². The van der Waals surface area contributed by atoms with Crippen molar-refractivity contribution < 1.29 is 4.52 Å². The molecule has 0 saturated heterocycles. The number of nitrogens with zero attached hydrogens (tertiary/aromatic N) is 2. The number of benzene rings is 1. The fourth-order valence-electron chi connectivity index (χ4n) is 2.35. The molecule has 0 spiro atoms. The molecule has 20 heavy (non-hydrogen) atoms. The van der Waals surface area contributed by atoms with Crippen LogP contribution < -0.4 is 11.5 Å². The van der Waals surface area contributed by atoms with E-state index >= 15 is 0 Å². The molecular weight excluding hydrogens is 254 g/mol. The van der Waals surface area contributed by atoms with Crippen LogP contribution in [0.15, 0.2) is 28.9 Å². The molecule has 2 aromatic heterocycles. The van der Waals surface area contributed by atoms with Gasteiger partial charge in [-0.1, -0.05) is 13.0 Å². The number of nitrogens with two attached hydrogens (primary N) is 2. The van der Waals surface area contributed by atoms with E-state index in [0.29, 0.717) is 24.8 Å². The van der Waals surface area contributed by atoms with Crippen molar-refractivity contribution in [2.45, 2.75) is 19.3 Å². The van der Waals surface area contributed by atoms with Crippen LogP contribution in [-0.4, -0.2) is 21.7 Å². The minimum absolute atomic E-state index is 0.167. The van der Waals surface area contributed by atoms with Gasteiger partial charge in [-0.2, -0.15) is 4.98 Å². The van der Waals surface area contributed by atoms with Gasteiger partial charge < -0.3 is 21.0 Å². The first kappa shape index (κ1) is 12.7. The van der Waals surface area contributed by atoms with Crippen molar-refractivity contribution in [3.8, 4) is 0 Å². The van der Waals surface area contributed by atoms with Gasteiger partial charge in [-0.3, -0.25) is 0 Å². The highest BCUT2D eigenvalue weighted by atomic mass is 16.5. The maximum absolute atomic E-state index is 5.76. The fourth-order valence-corrected chi connectivity index (χ4v) is 2.35. The molecule has 0 bridgehead atoms. The van der Waals surface area contributed by atoms with Crippen molar-refractivity contribution in [1.29, 1.82) is 0 Å². The zero-order valence-electron chi connectivity index (χ0n) is 11.3. The molecule has 2 heterocycles. The van der Waals surface area contributed by atoms with Crippen molar-refractivity contribution in [3.63, 3.8) is 0 Å². The number of H-pyrrole nitrogens is 1. The second-order valence-corrected chi connectivity index (χ2v) is 4.98. The van der Waals surface area contributed by atoms with Gasteiger partial charge in [0.1, 0.15) is 0 Å². The molecule has 104 valence electrons. The van der Waals surface area contributed by atoms with E-state index in [0.717, 1.165) is 11.1 Å². The third kappa shape index (κ3) is 2.25. The standard InChI is InChI=1S/C14H17N5O/c1-8(6-15)11-7-17-12-3-2-9(4-10(11)12)5-13-18-14(16)19-20-13/h2-4,7-8,17H,5-6,15H2,1H3,(H2,16,19). The van der Waals surface area contributed by atoms with Crippen molar-refractivity contribution in [3.05, 3.63) is 41.4 Å². The summed E-state index contributed by atoms with van der Waals surface area (Å²) in [6.07, 6.45) is 2.60. The molecule has 3 aromatic rings. The molecule has 0 saturated carbocycles. The van der Waals surface area contributed by atoms with Crippen molar-refractivity contribution in [1.82, 2.24) is 15.1 Å². The molecule has 3 rings (SSSR count). The lowest BCUT2D eigenvalue weighted by Crippen LogP contribution is -2.08. The Hall–Kier alpha value is -2.34. The predicted octanol–water partition coefficient (Wildman–Crippen LogP) is 1.79. The third-order valence-corrected chi connectivity index (χ3v) is 3.50. The van der Waals surface area contributed by atoms with Gasteiger partial charge in [0.05, 0.1) is 6.42 Å². The summed E-state index contributed by atoms with van der Waals surface area (Å²) in [5.41, 5.74) is 14.7. The Labute approximate surface area is 116 Å². The molecule has 0 fully saturated rings. The van der Waals surface area contributed by atoms with Crippen LogP contribution in [0, 0.1) is 0 Å². The number of fused-ring (bicyclic) bond motifs is 1. The van der Waals surface area contributed by atoms with Gasteiger partial charge in [-0.15, -0.1) is 0 Å². The molecule has 1 unspecified atom stereocenters. The first-order valence-electron chi connectivity index (χ1n) is 6.55. The summed E-state index contributed by atoms with van der Waals surface area (Å²) in [4.78, 5) is 7.29. The fraction of sp³-hybridized carbons (Fsp3) is 0.286. The highest BCUT2D eigenvalue weighted by Crippen LogP contribution is 2.26. The first-order chi connectivity index (χ1) is 9.67. The Bertz CT molecular complexity index is 730. The normalized spacial score (nSPS) is 12.9. The number of rotatable bonds is 4. The van der Waals surface area contributed by atoms with E-state index in [9.17, 15) is 0 Å². The number of hydrogen-bond donors (Lipinski definition) is 3. The zero-order chi connectivity index (χ0) is 14.1. The van der Waals surface area contributed by atoms with Crippen LogP contribution in [0.25, 0.3) is 10.9 Å². The number of anilines is 1. The summed E-state index contributed by atoms with van der Waals surface area (Å²) in [6.45, 7) is 2.74. The number of nitrogens with one attached hydrogen (secondary N) is 1. The maximum atomic E-state index is 5.76. The monoisotopic (exact) mass is 271 g/mol. The Morgan fingerprint density at radius 1 is 1.40 bits per heavy atom. The van der Waals surface area contributed by atoms with E-state index in [2.05, 4.69) is 34.2 Å². The highest BCUT2D eigenvalue weighted by Gasteiger charge is 2.11. The minimum atomic E-state index is 0.167. The van der Waals surface area contributed by atoms with Gasteiger partial charge in [-0.25, -0.2) is 0 Å². The van der Waals surface area contributed by atoms with Gasteiger partial charge in [0.25, 0.3) is 5.95 Å². The third-order valence-electron chi connectivity index (χ3n) is 3.50. The van der Waals surface area contributed by atoms with Crippen LogP contribution in [0.2, 0.25) is 0 Å². The average molecular weight is 271 g/mol. The predicted molar refractivity (Wildman–Crippen MR) is 77.3 cm³/mol. The Morgan fingerprint density at radius 2 is 2.25 bits per heavy atom.